The molecule has 3 aromatic rings. The summed E-state index contributed by atoms with van der Waals surface area (Å²) in [5, 5.41) is 3.99. The predicted molar refractivity (Wildman–Crippen MR) is 97.8 cm³/mol. The number of hydrogen-bond acceptors (Lipinski definition) is 3. The number of carbonyl (C=O) groups is 1. The monoisotopic (exact) mass is 315 g/mol. The van der Waals surface area contributed by atoms with E-state index in [-0.39, 0.29) is 5.91 Å². The first kappa shape index (κ1) is 15.5. The standard InChI is InChI=1S/C20H17N3O/c21-19-12-10-18(11-13-19)20(24)23-22-14-15-6-8-17(9-7-15)16-4-2-1-3-5-16/h1-14H,21H2,(H,23,24). The van der Waals surface area contributed by atoms with Gasteiger partial charge in [0.15, 0.2) is 0 Å². The van der Waals surface area contributed by atoms with Crippen molar-refractivity contribution in [2.24, 2.45) is 5.10 Å². The number of nitrogens with zero attached hydrogens (tertiary/aromatic N) is 1. The van der Waals surface area contributed by atoms with Gasteiger partial charge in [-0.3, -0.25) is 4.79 Å². The fourth-order valence-corrected chi connectivity index (χ4v) is 2.26. The number of anilines is 1. The van der Waals surface area contributed by atoms with Crippen LogP contribution in [0.3, 0.4) is 0 Å². The van der Waals surface area contributed by atoms with E-state index >= 15 is 0 Å². The summed E-state index contributed by atoms with van der Waals surface area (Å²) >= 11 is 0. The first-order valence-corrected chi connectivity index (χ1v) is 7.57. The van der Waals surface area contributed by atoms with Gasteiger partial charge in [-0.05, 0) is 41.0 Å². The minimum absolute atomic E-state index is 0.271. The summed E-state index contributed by atoms with van der Waals surface area (Å²) in [7, 11) is 0. The molecule has 0 aromatic heterocycles. The SMILES string of the molecule is Nc1ccc(C(=O)NN=Cc2ccc(-c3ccccc3)cc2)cc1. The number of hydrazone groups is 1. The molecule has 3 aromatic carbocycles. The number of rotatable bonds is 4. The highest BCUT2D eigenvalue weighted by Crippen LogP contribution is 2.18. The Hall–Kier alpha value is -3.40. The number of nitrogens with two attached hydrogens (primary N) is 1. The maximum Gasteiger partial charge on any atom is 0.271 e. The van der Waals surface area contributed by atoms with Crippen LogP contribution in [-0.2, 0) is 0 Å². The van der Waals surface area contributed by atoms with Crippen LogP contribution in [-0.4, -0.2) is 12.1 Å². The topological polar surface area (TPSA) is 67.5 Å². The summed E-state index contributed by atoms with van der Waals surface area (Å²) in [6.07, 6.45) is 1.62. The third-order valence-corrected chi connectivity index (χ3v) is 3.57. The van der Waals surface area contributed by atoms with Gasteiger partial charge in [0, 0.05) is 11.3 Å². The zero-order valence-corrected chi connectivity index (χ0v) is 13.0. The molecule has 0 radical (unpaired) electrons. The van der Waals surface area contributed by atoms with E-state index < -0.39 is 0 Å². The fraction of sp³-hybridized carbons (Fsp3) is 0. The van der Waals surface area contributed by atoms with E-state index in [0.29, 0.717) is 11.3 Å². The Morgan fingerprint density at radius 3 is 2.12 bits per heavy atom. The van der Waals surface area contributed by atoms with Crippen LogP contribution in [0.15, 0.2) is 84.0 Å². The molecule has 0 aliphatic carbocycles. The minimum atomic E-state index is -0.271. The zero-order valence-electron chi connectivity index (χ0n) is 13.0. The number of hydrogen-bond donors (Lipinski definition) is 2. The molecule has 0 aliphatic heterocycles. The van der Waals surface area contributed by atoms with Gasteiger partial charge in [-0.15, -0.1) is 0 Å². The van der Waals surface area contributed by atoms with Gasteiger partial charge < -0.3 is 5.73 Å². The van der Waals surface area contributed by atoms with Crippen LogP contribution in [0.1, 0.15) is 15.9 Å². The lowest BCUT2D eigenvalue weighted by atomic mass is 10.0. The van der Waals surface area contributed by atoms with Crippen LogP contribution in [0, 0.1) is 0 Å². The van der Waals surface area contributed by atoms with Crippen molar-refractivity contribution < 1.29 is 4.79 Å². The van der Waals surface area contributed by atoms with Crippen LogP contribution in [0.25, 0.3) is 11.1 Å². The van der Waals surface area contributed by atoms with E-state index in [1.807, 2.05) is 42.5 Å². The normalized spacial score (nSPS) is 10.7. The van der Waals surface area contributed by atoms with Crippen molar-refractivity contribution in [2.45, 2.75) is 0 Å². The molecule has 1 amide bonds. The van der Waals surface area contributed by atoms with E-state index in [1.165, 1.54) is 0 Å². The third kappa shape index (κ3) is 3.87. The maximum atomic E-state index is 11.9. The van der Waals surface area contributed by atoms with Gasteiger partial charge in [-0.25, -0.2) is 5.43 Å². The van der Waals surface area contributed by atoms with Crippen molar-refractivity contribution >= 4 is 17.8 Å². The molecule has 0 saturated carbocycles. The Kier molecular flexibility index (Phi) is 4.68. The first-order valence-electron chi connectivity index (χ1n) is 7.57. The molecule has 0 unspecified atom stereocenters. The van der Waals surface area contributed by atoms with Crippen LogP contribution in [0.2, 0.25) is 0 Å². The quantitative estimate of drug-likeness (QED) is 0.438. The van der Waals surface area contributed by atoms with E-state index in [9.17, 15) is 4.79 Å². The number of nitrogens with one attached hydrogen (secondary N) is 1. The Labute approximate surface area is 140 Å². The van der Waals surface area contributed by atoms with E-state index in [2.05, 4.69) is 22.7 Å². The van der Waals surface area contributed by atoms with Gasteiger partial charge >= 0.3 is 0 Å². The summed E-state index contributed by atoms with van der Waals surface area (Å²) in [5.74, 6) is -0.271. The largest absolute Gasteiger partial charge is 0.399 e. The van der Waals surface area contributed by atoms with Crippen molar-refractivity contribution in [2.75, 3.05) is 5.73 Å². The van der Waals surface area contributed by atoms with Gasteiger partial charge in [0.1, 0.15) is 0 Å². The zero-order chi connectivity index (χ0) is 16.8. The summed E-state index contributed by atoms with van der Waals surface area (Å²) in [5.41, 5.74) is 12.4. The summed E-state index contributed by atoms with van der Waals surface area (Å²) in [6.45, 7) is 0. The lowest BCUT2D eigenvalue weighted by molar-refractivity contribution is 0.0955. The third-order valence-electron chi connectivity index (χ3n) is 3.57. The van der Waals surface area contributed by atoms with Crippen LogP contribution >= 0.6 is 0 Å². The number of benzene rings is 3. The summed E-state index contributed by atoms with van der Waals surface area (Å²) < 4.78 is 0. The molecule has 0 bridgehead atoms. The van der Waals surface area contributed by atoms with Gasteiger partial charge in [0.25, 0.3) is 5.91 Å². The minimum Gasteiger partial charge on any atom is -0.399 e. The van der Waals surface area contributed by atoms with E-state index in [0.717, 1.165) is 16.7 Å². The molecule has 0 aliphatic rings. The molecule has 0 fully saturated rings. The molecule has 24 heavy (non-hydrogen) atoms. The molecule has 0 heterocycles. The van der Waals surface area contributed by atoms with Crippen LogP contribution in [0.4, 0.5) is 5.69 Å². The lowest BCUT2D eigenvalue weighted by Gasteiger charge is -2.02. The van der Waals surface area contributed by atoms with Crippen molar-refractivity contribution in [3.8, 4) is 11.1 Å². The molecule has 118 valence electrons. The van der Waals surface area contributed by atoms with Gasteiger partial charge in [-0.1, -0.05) is 54.6 Å². The molecule has 0 saturated heterocycles. The Morgan fingerprint density at radius 1 is 0.833 bits per heavy atom. The lowest BCUT2D eigenvalue weighted by Crippen LogP contribution is -2.17. The molecule has 3 rings (SSSR count). The highest BCUT2D eigenvalue weighted by Gasteiger charge is 2.02. The summed E-state index contributed by atoms with van der Waals surface area (Å²) in [6, 6.07) is 24.8. The molecular formula is C20H17N3O. The van der Waals surface area contributed by atoms with Crippen molar-refractivity contribution in [1.29, 1.82) is 0 Å². The first-order chi connectivity index (χ1) is 11.7. The second kappa shape index (κ2) is 7.24. The number of amides is 1. The van der Waals surface area contributed by atoms with Crippen molar-refractivity contribution in [3.63, 3.8) is 0 Å². The van der Waals surface area contributed by atoms with Gasteiger partial charge in [0.05, 0.1) is 6.21 Å². The summed E-state index contributed by atoms with van der Waals surface area (Å²) in [4.78, 5) is 11.9. The molecule has 0 spiro atoms. The highest BCUT2D eigenvalue weighted by atomic mass is 16.2. The molecule has 4 nitrogen and oxygen atoms in total. The fourth-order valence-electron chi connectivity index (χ4n) is 2.26. The molecule has 3 N–H and O–H groups in total. The van der Waals surface area contributed by atoms with E-state index in [1.54, 1.807) is 30.5 Å². The molecule has 4 heteroatoms. The Morgan fingerprint density at radius 2 is 1.46 bits per heavy atom. The molecule has 0 atom stereocenters. The average Bonchev–Trinajstić information content (AvgIpc) is 2.63. The maximum absolute atomic E-state index is 11.9. The van der Waals surface area contributed by atoms with Gasteiger partial charge in [-0.2, -0.15) is 5.10 Å². The Balaban J connectivity index is 1.62. The van der Waals surface area contributed by atoms with Crippen LogP contribution < -0.4 is 11.2 Å². The second-order valence-corrected chi connectivity index (χ2v) is 5.31. The Bertz CT molecular complexity index is 838. The predicted octanol–water partition coefficient (Wildman–Crippen LogP) is 3.70. The smallest absolute Gasteiger partial charge is 0.271 e. The van der Waals surface area contributed by atoms with Crippen molar-refractivity contribution in [1.82, 2.24) is 5.43 Å². The van der Waals surface area contributed by atoms with Crippen molar-refractivity contribution in [3.05, 3.63) is 90.0 Å². The van der Waals surface area contributed by atoms with E-state index in [4.69, 9.17) is 5.73 Å². The number of nitrogen functional groups attached to an aromatic ring is 1. The average molecular weight is 315 g/mol. The number of carbonyl (C=O) groups excluding carboxylic acids is 1. The highest BCUT2D eigenvalue weighted by molar-refractivity contribution is 5.95. The molecular weight excluding hydrogens is 298 g/mol. The van der Waals surface area contributed by atoms with Crippen LogP contribution in [0.5, 0.6) is 0 Å². The van der Waals surface area contributed by atoms with Gasteiger partial charge in [0.2, 0.25) is 0 Å². The second-order valence-electron chi connectivity index (χ2n) is 5.31.